The molecule has 1 aliphatic carbocycles. The molecule has 3 aromatic rings. The van der Waals surface area contributed by atoms with Crippen LogP contribution in [0.2, 0.25) is 0 Å². The Labute approximate surface area is 151 Å². The number of hydrogen-bond donors (Lipinski definition) is 2. The summed E-state index contributed by atoms with van der Waals surface area (Å²) < 4.78 is 2.30. The van der Waals surface area contributed by atoms with Crippen LogP contribution in [-0.4, -0.2) is 37.9 Å². The van der Waals surface area contributed by atoms with E-state index in [1.807, 2.05) is 24.5 Å². The van der Waals surface area contributed by atoms with E-state index in [1.165, 1.54) is 25.7 Å². The van der Waals surface area contributed by atoms with Gasteiger partial charge in [0.25, 0.3) is 0 Å². The largest absolute Gasteiger partial charge is 0.392 e. The van der Waals surface area contributed by atoms with Crippen molar-refractivity contribution in [2.45, 2.75) is 38.3 Å². The van der Waals surface area contributed by atoms with Crippen LogP contribution in [0.3, 0.4) is 0 Å². The van der Waals surface area contributed by atoms with E-state index < -0.39 is 0 Å². The van der Waals surface area contributed by atoms with Gasteiger partial charge in [-0.15, -0.1) is 0 Å². The van der Waals surface area contributed by atoms with Crippen molar-refractivity contribution in [1.29, 1.82) is 0 Å². The third-order valence-electron chi connectivity index (χ3n) is 4.80. The van der Waals surface area contributed by atoms with Gasteiger partial charge in [-0.05, 0) is 30.5 Å². The van der Waals surface area contributed by atoms with Crippen LogP contribution < -0.4 is 5.32 Å². The average molecular weight is 350 g/mol. The van der Waals surface area contributed by atoms with Crippen molar-refractivity contribution in [2.24, 2.45) is 4.99 Å². The Kier molecular flexibility index (Phi) is 4.62. The third kappa shape index (κ3) is 3.17. The normalized spacial score (nSPS) is 15.3. The van der Waals surface area contributed by atoms with E-state index in [2.05, 4.69) is 30.9 Å². The molecule has 0 unspecified atom stereocenters. The van der Waals surface area contributed by atoms with E-state index in [0.717, 1.165) is 22.3 Å². The average Bonchev–Trinajstić information content (AvgIpc) is 3.29. The predicted molar refractivity (Wildman–Crippen MR) is 102 cm³/mol. The molecular formula is C19H22N6O. The topological polar surface area (TPSA) is 88.2 Å². The van der Waals surface area contributed by atoms with Gasteiger partial charge in [0.05, 0.1) is 12.3 Å². The molecule has 7 nitrogen and oxygen atoms in total. The van der Waals surface area contributed by atoms with Gasteiger partial charge in [0, 0.05) is 37.1 Å². The molecule has 1 aliphatic rings. The Bertz CT molecular complexity index is 925. The first kappa shape index (κ1) is 16.7. The number of nitrogens with one attached hydrogen (secondary N) is 1. The highest BCUT2D eigenvalue weighted by molar-refractivity contribution is 5.89. The lowest BCUT2D eigenvalue weighted by molar-refractivity contribution is 0.281. The second kappa shape index (κ2) is 7.21. The molecule has 0 atom stereocenters. The minimum atomic E-state index is -0.0214. The number of anilines is 2. The van der Waals surface area contributed by atoms with Gasteiger partial charge >= 0.3 is 0 Å². The predicted octanol–water partition coefficient (Wildman–Crippen LogP) is 3.23. The number of aromatic nitrogens is 4. The number of aliphatic imine (C=N–C) groups is 1. The molecule has 0 aliphatic heterocycles. The number of nitrogens with zero attached hydrogens (tertiary/aromatic N) is 5. The van der Waals surface area contributed by atoms with Crippen LogP contribution >= 0.6 is 0 Å². The quantitative estimate of drug-likeness (QED) is 0.690. The molecule has 0 spiro atoms. The van der Waals surface area contributed by atoms with Crippen molar-refractivity contribution in [2.75, 3.05) is 12.4 Å². The smallest absolute Gasteiger partial charge is 0.230 e. The van der Waals surface area contributed by atoms with Crippen molar-refractivity contribution < 1.29 is 5.11 Å². The van der Waals surface area contributed by atoms with E-state index in [0.29, 0.717) is 17.8 Å². The van der Waals surface area contributed by atoms with E-state index in [-0.39, 0.29) is 6.61 Å². The zero-order valence-corrected chi connectivity index (χ0v) is 14.8. The van der Waals surface area contributed by atoms with Crippen LogP contribution in [0.4, 0.5) is 11.8 Å². The second-order valence-electron chi connectivity index (χ2n) is 6.57. The molecule has 0 bridgehead atoms. The van der Waals surface area contributed by atoms with Crippen molar-refractivity contribution >= 4 is 29.0 Å². The molecule has 3 aromatic heterocycles. The van der Waals surface area contributed by atoms with Crippen molar-refractivity contribution in [3.8, 4) is 0 Å². The Balaban J connectivity index is 1.71. The first-order chi connectivity index (χ1) is 12.8. The fourth-order valence-electron chi connectivity index (χ4n) is 3.57. The summed E-state index contributed by atoms with van der Waals surface area (Å²) in [5.41, 5.74) is 2.77. The summed E-state index contributed by atoms with van der Waals surface area (Å²) in [5.74, 6) is 1.16. The molecule has 0 saturated heterocycles. The monoisotopic (exact) mass is 350 g/mol. The molecule has 0 radical (unpaired) electrons. The number of rotatable bonds is 5. The Morgan fingerprint density at radius 1 is 1.27 bits per heavy atom. The number of fused-ring (bicyclic) bond motifs is 1. The van der Waals surface area contributed by atoms with Gasteiger partial charge in [0.15, 0.2) is 0 Å². The highest BCUT2D eigenvalue weighted by atomic mass is 16.3. The molecule has 4 rings (SSSR count). The molecule has 0 aromatic carbocycles. The molecule has 26 heavy (non-hydrogen) atoms. The summed E-state index contributed by atoms with van der Waals surface area (Å²) in [4.78, 5) is 17.6. The summed E-state index contributed by atoms with van der Waals surface area (Å²) in [5, 5.41) is 13.3. The fourth-order valence-corrected chi connectivity index (χ4v) is 3.57. The third-order valence-corrected chi connectivity index (χ3v) is 4.80. The highest BCUT2D eigenvalue weighted by Gasteiger charge is 2.22. The molecular weight excluding hydrogens is 328 g/mol. The lowest BCUT2D eigenvalue weighted by Crippen LogP contribution is -2.10. The maximum absolute atomic E-state index is 9.12. The summed E-state index contributed by atoms with van der Waals surface area (Å²) in [6, 6.07) is 6.19. The van der Waals surface area contributed by atoms with Crippen LogP contribution in [0.5, 0.6) is 0 Å². The SMILES string of the molecule is C/N=C/c1cc2cnc(Nc3ccc(CO)cn3)nc2n1C1CCCC1. The molecule has 7 heteroatoms. The standard InChI is InChI=1S/C19H22N6O/c1-20-11-16-8-14-10-22-19(23-17-7-6-13(12-26)9-21-17)24-18(14)25(16)15-4-2-3-5-15/h6-11,15,26H,2-5,12H2,1H3,(H,21,22,23,24)/b20-11+. The summed E-state index contributed by atoms with van der Waals surface area (Å²) in [6.45, 7) is -0.0214. The molecule has 1 saturated carbocycles. The summed E-state index contributed by atoms with van der Waals surface area (Å²) in [7, 11) is 1.79. The van der Waals surface area contributed by atoms with Crippen molar-refractivity contribution in [3.05, 3.63) is 41.9 Å². The van der Waals surface area contributed by atoms with Gasteiger partial charge < -0.3 is 15.0 Å². The number of aliphatic hydroxyl groups excluding tert-OH is 1. The zero-order valence-electron chi connectivity index (χ0n) is 14.8. The van der Waals surface area contributed by atoms with Crippen LogP contribution in [-0.2, 0) is 6.61 Å². The van der Waals surface area contributed by atoms with Gasteiger partial charge in [0.2, 0.25) is 5.95 Å². The van der Waals surface area contributed by atoms with Gasteiger partial charge in [-0.1, -0.05) is 18.9 Å². The maximum Gasteiger partial charge on any atom is 0.230 e. The van der Waals surface area contributed by atoms with Crippen LogP contribution in [0.15, 0.2) is 35.6 Å². The van der Waals surface area contributed by atoms with Crippen molar-refractivity contribution in [3.63, 3.8) is 0 Å². The fraction of sp³-hybridized carbons (Fsp3) is 0.368. The van der Waals surface area contributed by atoms with E-state index in [4.69, 9.17) is 10.1 Å². The Hall–Kier alpha value is -2.80. The number of hydrogen-bond acceptors (Lipinski definition) is 6. The van der Waals surface area contributed by atoms with Crippen molar-refractivity contribution in [1.82, 2.24) is 19.5 Å². The highest BCUT2D eigenvalue weighted by Crippen LogP contribution is 2.34. The maximum atomic E-state index is 9.12. The minimum Gasteiger partial charge on any atom is -0.392 e. The molecule has 3 heterocycles. The van der Waals surface area contributed by atoms with E-state index >= 15 is 0 Å². The summed E-state index contributed by atoms with van der Waals surface area (Å²) >= 11 is 0. The van der Waals surface area contributed by atoms with E-state index in [1.54, 1.807) is 13.2 Å². The Morgan fingerprint density at radius 3 is 2.81 bits per heavy atom. The van der Waals surface area contributed by atoms with Gasteiger partial charge in [0.1, 0.15) is 11.5 Å². The first-order valence-corrected chi connectivity index (χ1v) is 8.91. The van der Waals surface area contributed by atoms with Crippen LogP contribution in [0.25, 0.3) is 11.0 Å². The number of pyridine rings is 1. The molecule has 2 N–H and O–H groups in total. The van der Waals surface area contributed by atoms with Gasteiger partial charge in [-0.2, -0.15) is 4.98 Å². The Morgan fingerprint density at radius 2 is 2.12 bits per heavy atom. The zero-order chi connectivity index (χ0) is 17.9. The lowest BCUT2D eigenvalue weighted by Gasteiger charge is -2.15. The second-order valence-corrected chi connectivity index (χ2v) is 6.57. The van der Waals surface area contributed by atoms with Crippen LogP contribution in [0.1, 0.15) is 43.0 Å². The lowest BCUT2D eigenvalue weighted by atomic mass is 10.2. The van der Waals surface area contributed by atoms with Gasteiger partial charge in [-0.3, -0.25) is 4.99 Å². The minimum absolute atomic E-state index is 0.0214. The molecule has 134 valence electrons. The van der Waals surface area contributed by atoms with Gasteiger partial charge in [-0.25, -0.2) is 9.97 Å². The number of aliphatic hydroxyl groups is 1. The first-order valence-electron chi connectivity index (χ1n) is 8.91. The van der Waals surface area contributed by atoms with E-state index in [9.17, 15) is 0 Å². The molecule has 0 amide bonds. The van der Waals surface area contributed by atoms with Crippen LogP contribution in [0, 0.1) is 0 Å². The summed E-state index contributed by atoms with van der Waals surface area (Å²) in [6.07, 6.45) is 10.2. The molecule has 1 fully saturated rings.